The molecule has 0 spiro atoms. The Hall–Kier alpha value is -2.55. The number of nitriles is 1. The van der Waals surface area contributed by atoms with Gasteiger partial charge in [0.25, 0.3) is 5.91 Å². The minimum atomic E-state index is -0.793. The molecule has 0 aliphatic carbocycles. The monoisotopic (exact) mass is 317 g/mol. The topological polar surface area (TPSA) is 84.1 Å². The summed E-state index contributed by atoms with van der Waals surface area (Å²) in [7, 11) is 0. The predicted molar refractivity (Wildman–Crippen MR) is 87.4 cm³/mol. The summed E-state index contributed by atoms with van der Waals surface area (Å²) in [5.41, 5.74) is 2.76. The van der Waals surface area contributed by atoms with Gasteiger partial charge in [0.2, 0.25) is 0 Å². The number of aromatic nitrogens is 1. The minimum absolute atomic E-state index is 0.119. The van der Waals surface area contributed by atoms with Crippen molar-refractivity contribution >= 4 is 18.0 Å². The van der Waals surface area contributed by atoms with E-state index in [1.54, 1.807) is 6.92 Å². The lowest BCUT2D eigenvalue weighted by atomic mass is 10.1. The SMILES string of the molecule is CCCn1c(C)cc(C=C(C#N)C(=O)OCC(=O)NCC)c1C. The molecule has 0 aromatic carbocycles. The predicted octanol–water partition coefficient (Wildman–Crippen LogP) is 2.10. The number of ether oxygens (including phenoxy) is 1. The van der Waals surface area contributed by atoms with Gasteiger partial charge in [0.1, 0.15) is 11.6 Å². The molecule has 0 unspecified atom stereocenters. The number of carbonyl (C=O) groups excluding carboxylic acids is 2. The Morgan fingerprint density at radius 2 is 2.09 bits per heavy atom. The van der Waals surface area contributed by atoms with Crippen molar-refractivity contribution in [2.45, 2.75) is 40.7 Å². The van der Waals surface area contributed by atoms with Crippen molar-refractivity contribution in [3.63, 3.8) is 0 Å². The van der Waals surface area contributed by atoms with E-state index in [9.17, 15) is 14.9 Å². The van der Waals surface area contributed by atoms with Crippen LogP contribution in [0.3, 0.4) is 0 Å². The second-order valence-electron chi connectivity index (χ2n) is 5.18. The molecule has 1 N–H and O–H groups in total. The first-order chi connectivity index (χ1) is 10.9. The van der Waals surface area contributed by atoms with Gasteiger partial charge >= 0.3 is 5.97 Å². The Labute approximate surface area is 136 Å². The zero-order valence-electron chi connectivity index (χ0n) is 14.1. The average molecular weight is 317 g/mol. The molecule has 1 rings (SSSR count). The maximum Gasteiger partial charge on any atom is 0.349 e. The van der Waals surface area contributed by atoms with Crippen molar-refractivity contribution in [3.8, 4) is 6.07 Å². The van der Waals surface area contributed by atoms with E-state index >= 15 is 0 Å². The van der Waals surface area contributed by atoms with Crippen LogP contribution in [0.5, 0.6) is 0 Å². The van der Waals surface area contributed by atoms with E-state index in [-0.39, 0.29) is 18.1 Å². The van der Waals surface area contributed by atoms with E-state index in [0.29, 0.717) is 6.54 Å². The number of carbonyl (C=O) groups is 2. The third-order valence-electron chi connectivity index (χ3n) is 3.41. The number of amides is 1. The molecule has 0 saturated carbocycles. The first-order valence-corrected chi connectivity index (χ1v) is 7.66. The van der Waals surface area contributed by atoms with Gasteiger partial charge < -0.3 is 14.6 Å². The van der Waals surface area contributed by atoms with Crippen molar-refractivity contribution in [1.82, 2.24) is 9.88 Å². The summed E-state index contributed by atoms with van der Waals surface area (Å²) in [4.78, 5) is 23.2. The van der Waals surface area contributed by atoms with Crippen LogP contribution in [0.1, 0.15) is 37.2 Å². The lowest BCUT2D eigenvalue weighted by Crippen LogP contribution is -2.28. The number of likely N-dealkylation sites (N-methyl/N-ethyl adjacent to an activating group) is 1. The number of rotatable bonds is 7. The summed E-state index contributed by atoms with van der Waals surface area (Å²) in [6, 6.07) is 3.77. The van der Waals surface area contributed by atoms with Gasteiger partial charge in [-0.05, 0) is 44.9 Å². The van der Waals surface area contributed by atoms with Crippen LogP contribution < -0.4 is 5.32 Å². The zero-order valence-corrected chi connectivity index (χ0v) is 14.1. The number of nitrogens with one attached hydrogen (secondary N) is 1. The summed E-state index contributed by atoms with van der Waals surface area (Å²) in [6.45, 7) is 8.75. The van der Waals surface area contributed by atoms with Crippen LogP contribution in [-0.4, -0.2) is 29.6 Å². The van der Waals surface area contributed by atoms with E-state index in [1.807, 2.05) is 26.0 Å². The third-order valence-corrected chi connectivity index (χ3v) is 3.41. The van der Waals surface area contributed by atoms with Crippen LogP contribution in [0.25, 0.3) is 6.08 Å². The first-order valence-electron chi connectivity index (χ1n) is 7.66. The first kappa shape index (κ1) is 18.5. The van der Waals surface area contributed by atoms with Gasteiger partial charge in [0.15, 0.2) is 6.61 Å². The van der Waals surface area contributed by atoms with Crippen LogP contribution in [0.2, 0.25) is 0 Å². The number of hydrogen-bond donors (Lipinski definition) is 1. The van der Waals surface area contributed by atoms with E-state index < -0.39 is 5.97 Å². The van der Waals surface area contributed by atoms with Gasteiger partial charge in [-0.2, -0.15) is 5.26 Å². The van der Waals surface area contributed by atoms with Crippen molar-refractivity contribution in [3.05, 3.63) is 28.6 Å². The molecule has 1 aromatic heterocycles. The van der Waals surface area contributed by atoms with Gasteiger partial charge in [-0.25, -0.2) is 4.79 Å². The van der Waals surface area contributed by atoms with Crippen LogP contribution in [0.4, 0.5) is 0 Å². The molecule has 0 aliphatic rings. The van der Waals surface area contributed by atoms with Crippen LogP contribution in [0, 0.1) is 25.2 Å². The smallest absolute Gasteiger partial charge is 0.349 e. The highest BCUT2D eigenvalue weighted by Crippen LogP contribution is 2.19. The molecule has 0 aliphatic heterocycles. The summed E-state index contributed by atoms with van der Waals surface area (Å²) in [5, 5.41) is 11.7. The minimum Gasteiger partial charge on any atom is -0.451 e. The molecule has 1 aromatic rings. The Morgan fingerprint density at radius 3 is 2.65 bits per heavy atom. The van der Waals surface area contributed by atoms with E-state index in [4.69, 9.17) is 4.74 Å². The molecule has 23 heavy (non-hydrogen) atoms. The quantitative estimate of drug-likeness (QED) is 0.474. The highest BCUT2D eigenvalue weighted by molar-refractivity contribution is 5.99. The summed E-state index contributed by atoms with van der Waals surface area (Å²) in [6.07, 6.45) is 2.51. The molecule has 1 amide bonds. The van der Waals surface area contributed by atoms with Gasteiger partial charge in [0, 0.05) is 24.5 Å². The molecular weight excluding hydrogens is 294 g/mol. The normalized spacial score (nSPS) is 11.0. The molecule has 0 fully saturated rings. The van der Waals surface area contributed by atoms with E-state index in [1.165, 1.54) is 6.08 Å². The second-order valence-corrected chi connectivity index (χ2v) is 5.18. The molecule has 0 atom stereocenters. The van der Waals surface area contributed by atoms with E-state index in [2.05, 4.69) is 16.8 Å². The van der Waals surface area contributed by atoms with Crippen LogP contribution in [0.15, 0.2) is 11.6 Å². The Balaban J connectivity index is 2.91. The lowest BCUT2D eigenvalue weighted by molar-refractivity contribution is -0.144. The summed E-state index contributed by atoms with van der Waals surface area (Å²) >= 11 is 0. The maximum absolute atomic E-state index is 11.9. The fourth-order valence-corrected chi connectivity index (χ4v) is 2.29. The van der Waals surface area contributed by atoms with Gasteiger partial charge in [0.05, 0.1) is 0 Å². The molecule has 0 bridgehead atoms. The second kappa shape index (κ2) is 8.79. The van der Waals surface area contributed by atoms with E-state index in [0.717, 1.165) is 29.9 Å². The van der Waals surface area contributed by atoms with Crippen molar-refractivity contribution in [1.29, 1.82) is 5.26 Å². The number of aryl methyl sites for hydroxylation is 1. The average Bonchev–Trinajstić information content (AvgIpc) is 2.78. The lowest BCUT2D eigenvalue weighted by Gasteiger charge is -2.07. The Morgan fingerprint density at radius 1 is 1.39 bits per heavy atom. The van der Waals surface area contributed by atoms with Gasteiger partial charge in [-0.15, -0.1) is 0 Å². The highest BCUT2D eigenvalue weighted by Gasteiger charge is 2.15. The number of esters is 1. The van der Waals surface area contributed by atoms with Crippen molar-refractivity contribution < 1.29 is 14.3 Å². The zero-order chi connectivity index (χ0) is 17.4. The molecule has 1 heterocycles. The standard InChI is InChI=1S/C17H23N3O3/c1-5-7-20-12(3)8-14(13(20)4)9-15(10-18)17(22)23-11-16(21)19-6-2/h8-9H,5-7,11H2,1-4H3,(H,19,21). The van der Waals surface area contributed by atoms with Crippen LogP contribution >= 0.6 is 0 Å². The van der Waals surface area contributed by atoms with Gasteiger partial charge in [-0.3, -0.25) is 4.79 Å². The van der Waals surface area contributed by atoms with Gasteiger partial charge in [-0.1, -0.05) is 6.92 Å². The molecule has 0 saturated heterocycles. The number of hydrogen-bond acceptors (Lipinski definition) is 4. The molecule has 6 nitrogen and oxygen atoms in total. The largest absolute Gasteiger partial charge is 0.451 e. The van der Waals surface area contributed by atoms with Crippen molar-refractivity contribution in [2.24, 2.45) is 0 Å². The Bertz CT molecular complexity index is 651. The number of nitrogens with zero attached hydrogens (tertiary/aromatic N) is 2. The van der Waals surface area contributed by atoms with Crippen molar-refractivity contribution in [2.75, 3.05) is 13.2 Å². The fraction of sp³-hybridized carbons (Fsp3) is 0.471. The Kier molecular flexibility index (Phi) is 7.07. The highest BCUT2D eigenvalue weighted by atomic mass is 16.5. The molecule has 0 radical (unpaired) electrons. The maximum atomic E-state index is 11.9. The molecule has 6 heteroatoms. The summed E-state index contributed by atoms with van der Waals surface area (Å²) in [5.74, 6) is -1.18. The third kappa shape index (κ3) is 4.99. The molecular formula is C17H23N3O3. The molecule has 124 valence electrons. The van der Waals surface area contributed by atoms with Crippen LogP contribution in [-0.2, 0) is 20.9 Å². The fourth-order valence-electron chi connectivity index (χ4n) is 2.29. The summed E-state index contributed by atoms with van der Waals surface area (Å²) < 4.78 is 7.00.